The standard InChI is InChI=1S/C29H27F3N4O3S/c1-40(38,39)27-11-3-2-10-26(27)22-12-14-24(15-13-22)34-28(37)36(35-25-9-5-6-20(17-25)18-33)19-21-7-4-8-23(16-21)29(30,31)32/h2-17,35H,18-19,33H2,1H3,(H,34,37). The number of hydrazine groups is 1. The Kier molecular flexibility index (Phi) is 8.46. The molecule has 2 amide bonds. The number of nitrogens with zero attached hydrogens (tertiary/aromatic N) is 1. The third kappa shape index (κ3) is 7.19. The quantitative estimate of drug-likeness (QED) is 0.217. The fourth-order valence-corrected chi connectivity index (χ4v) is 4.98. The van der Waals surface area contributed by atoms with Crippen molar-refractivity contribution in [1.29, 1.82) is 0 Å². The summed E-state index contributed by atoms with van der Waals surface area (Å²) < 4.78 is 64.2. The Bertz CT molecular complexity index is 1610. The lowest BCUT2D eigenvalue weighted by atomic mass is 10.1. The Labute approximate surface area is 230 Å². The zero-order valence-corrected chi connectivity index (χ0v) is 22.3. The van der Waals surface area contributed by atoms with Gasteiger partial charge in [0.25, 0.3) is 0 Å². The zero-order valence-electron chi connectivity index (χ0n) is 21.4. The first-order chi connectivity index (χ1) is 18.9. The van der Waals surface area contributed by atoms with Crippen LogP contribution in [0.4, 0.5) is 29.3 Å². The summed E-state index contributed by atoms with van der Waals surface area (Å²) >= 11 is 0. The van der Waals surface area contributed by atoms with E-state index in [2.05, 4.69) is 10.7 Å². The molecule has 0 saturated heterocycles. The minimum absolute atomic E-state index is 0.178. The van der Waals surface area contributed by atoms with Crippen LogP contribution >= 0.6 is 0 Å². The van der Waals surface area contributed by atoms with Gasteiger partial charge in [-0.1, -0.05) is 54.6 Å². The monoisotopic (exact) mass is 568 g/mol. The lowest BCUT2D eigenvalue weighted by Crippen LogP contribution is -2.39. The summed E-state index contributed by atoms with van der Waals surface area (Å²) in [7, 11) is -3.46. The van der Waals surface area contributed by atoms with Crippen molar-refractivity contribution >= 4 is 27.2 Å². The molecule has 0 bridgehead atoms. The average Bonchev–Trinajstić information content (AvgIpc) is 2.92. The fraction of sp³-hybridized carbons (Fsp3) is 0.138. The SMILES string of the molecule is CS(=O)(=O)c1ccccc1-c1ccc(NC(=O)N(Cc2cccc(C(F)(F)F)c2)Nc2cccc(CN)c2)cc1. The maximum atomic E-state index is 13.3. The van der Waals surface area contributed by atoms with E-state index in [9.17, 15) is 26.4 Å². The van der Waals surface area contributed by atoms with Gasteiger partial charge in [-0.05, 0) is 59.2 Å². The van der Waals surface area contributed by atoms with Crippen molar-refractivity contribution in [3.63, 3.8) is 0 Å². The van der Waals surface area contributed by atoms with Crippen LogP contribution in [0, 0.1) is 0 Å². The minimum atomic E-state index is -4.52. The van der Waals surface area contributed by atoms with Crippen LogP contribution in [0.1, 0.15) is 16.7 Å². The molecule has 0 aliphatic heterocycles. The van der Waals surface area contributed by atoms with Crippen LogP contribution in [-0.4, -0.2) is 25.7 Å². The Morgan fingerprint density at radius 2 is 1.52 bits per heavy atom. The van der Waals surface area contributed by atoms with E-state index in [1.54, 1.807) is 60.7 Å². The third-order valence-electron chi connectivity index (χ3n) is 6.00. The smallest absolute Gasteiger partial charge is 0.326 e. The molecule has 0 aliphatic rings. The molecule has 4 rings (SSSR count). The van der Waals surface area contributed by atoms with Gasteiger partial charge in [-0.2, -0.15) is 13.2 Å². The fourth-order valence-electron chi connectivity index (χ4n) is 4.07. The highest BCUT2D eigenvalue weighted by Gasteiger charge is 2.30. The molecule has 208 valence electrons. The summed E-state index contributed by atoms with van der Waals surface area (Å²) in [6.07, 6.45) is -3.39. The van der Waals surface area contributed by atoms with Gasteiger partial charge in [0.15, 0.2) is 9.84 Å². The highest BCUT2D eigenvalue weighted by molar-refractivity contribution is 7.90. The molecule has 0 aromatic heterocycles. The molecule has 7 nitrogen and oxygen atoms in total. The number of benzene rings is 4. The maximum absolute atomic E-state index is 13.3. The number of hydrogen-bond donors (Lipinski definition) is 3. The van der Waals surface area contributed by atoms with Crippen molar-refractivity contribution in [2.24, 2.45) is 5.73 Å². The Morgan fingerprint density at radius 3 is 2.20 bits per heavy atom. The molecule has 4 aromatic carbocycles. The van der Waals surface area contributed by atoms with Crippen LogP contribution in [0.15, 0.2) is 102 Å². The van der Waals surface area contributed by atoms with Crippen LogP contribution in [0.5, 0.6) is 0 Å². The Hall–Kier alpha value is -4.35. The van der Waals surface area contributed by atoms with Gasteiger partial charge in [0, 0.05) is 24.1 Å². The molecule has 0 radical (unpaired) electrons. The van der Waals surface area contributed by atoms with E-state index in [0.717, 1.165) is 29.0 Å². The zero-order chi connectivity index (χ0) is 28.9. The number of amides is 2. The normalized spacial score (nSPS) is 11.6. The van der Waals surface area contributed by atoms with Gasteiger partial charge in [-0.15, -0.1) is 0 Å². The van der Waals surface area contributed by atoms with Crippen LogP contribution in [0.2, 0.25) is 0 Å². The summed E-state index contributed by atoms with van der Waals surface area (Å²) in [4.78, 5) is 13.5. The number of sulfone groups is 1. The number of halogens is 3. The topological polar surface area (TPSA) is 105 Å². The van der Waals surface area contributed by atoms with E-state index in [0.29, 0.717) is 22.5 Å². The van der Waals surface area contributed by atoms with Gasteiger partial charge in [0.2, 0.25) is 0 Å². The second kappa shape index (κ2) is 11.8. The first-order valence-corrected chi connectivity index (χ1v) is 14.0. The van der Waals surface area contributed by atoms with Crippen molar-refractivity contribution in [3.05, 3.63) is 114 Å². The van der Waals surface area contributed by atoms with Crippen molar-refractivity contribution in [2.75, 3.05) is 17.0 Å². The number of alkyl halides is 3. The van der Waals surface area contributed by atoms with E-state index in [1.165, 1.54) is 18.2 Å². The molecular formula is C29H27F3N4O3S. The van der Waals surface area contributed by atoms with Crippen LogP contribution in [0.25, 0.3) is 11.1 Å². The summed E-state index contributed by atoms with van der Waals surface area (Å²) in [5, 5.41) is 3.90. The molecule has 0 atom stereocenters. The Morgan fingerprint density at radius 1 is 0.850 bits per heavy atom. The van der Waals surface area contributed by atoms with Crippen molar-refractivity contribution < 1.29 is 26.4 Å². The minimum Gasteiger partial charge on any atom is -0.326 e. The van der Waals surface area contributed by atoms with Gasteiger partial charge in [-0.3, -0.25) is 5.43 Å². The second-order valence-corrected chi connectivity index (χ2v) is 11.1. The van der Waals surface area contributed by atoms with E-state index >= 15 is 0 Å². The van der Waals surface area contributed by atoms with E-state index in [-0.39, 0.29) is 23.5 Å². The molecule has 40 heavy (non-hydrogen) atoms. The molecule has 0 spiro atoms. The summed E-state index contributed by atoms with van der Waals surface area (Å²) in [5.41, 5.74) is 11.0. The first-order valence-electron chi connectivity index (χ1n) is 12.1. The number of rotatable bonds is 8. The van der Waals surface area contributed by atoms with E-state index in [1.807, 2.05) is 6.07 Å². The number of nitrogens with one attached hydrogen (secondary N) is 2. The average molecular weight is 569 g/mol. The molecule has 0 heterocycles. The van der Waals surface area contributed by atoms with E-state index < -0.39 is 27.6 Å². The predicted molar refractivity (Wildman–Crippen MR) is 149 cm³/mol. The predicted octanol–water partition coefficient (Wildman–Crippen LogP) is 6.30. The molecule has 0 saturated carbocycles. The maximum Gasteiger partial charge on any atom is 0.416 e. The summed E-state index contributed by atoms with van der Waals surface area (Å²) in [5.74, 6) is 0. The van der Waals surface area contributed by atoms with Crippen LogP contribution in [0.3, 0.4) is 0 Å². The van der Waals surface area contributed by atoms with Gasteiger partial charge >= 0.3 is 12.2 Å². The summed E-state index contributed by atoms with van der Waals surface area (Å²) in [6, 6.07) is 24.3. The lowest BCUT2D eigenvalue weighted by Gasteiger charge is -2.25. The van der Waals surface area contributed by atoms with E-state index in [4.69, 9.17) is 5.73 Å². The second-order valence-electron chi connectivity index (χ2n) is 9.08. The molecule has 0 aliphatic carbocycles. The van der Waals surface area contributed by atoms with Gasteiger partial charge in [0.1, 0.15) is 0 Å². The van der Waals surface area contributed by atoms with Gasteiger partial charge in [0.05, 0.1) is 22.7 Å². The molecular weight excluding hydrogens is 541 g/mol. The van der Waals surface area contributed by atoms with Crippen molar-refractivity contribution in [2.45, 2.75) is 24.2 Å². The number of nitrogens with two attached hydrogens (primary N) is 1. The molecule has 11 heteroatoms. The highest BCUT2D eigenvalue weighted by atomic mass is 32.2. The number of anilines is 2. The molecule has 0 fully saturated rings. The number of urea groups is 1. The van der Waals surface area contributed by atoms with Crippen LogP contribution in [-0.2, 0) is 29.1 Å². The summed E-state index contributed by atoms with van der Waals surface area (Å²) in [6.45, 7) is 0.0899. The molecule has 4 aromatic rings. The highest BCUT2D eigenvalue weighted by Crippen LogP contribution is 2.30. The molecule has 0 unspecified atom stereocenters. The number of carbonyl (C=O) groups is 1. The third-order valence-corrected chi connectivity index (χ3v) is 7.16. The van der Waals surface area contributed by atoms with Gasteiger partial charge < -0.3 is 11.1 Å². The number of hydrogen-bond acceptors (Lipinski definition) is 5. The molecule has 4 N–H and O–H groups in total. The largest absolute Gasteiger partial charge is 0.416 e. The lowest BCUT2D eigenvalue weighted by molar-refractivity contribution is -0.137. The first kappa shape index (κ1) is 28.7. The van der Waals surface area contributed by atoms with Crippen LogP contribution < -0.4 is 16.5 Å². The number of carbonyl (C=O) groups excluding carboxylic acids is 1. The van der Waals surface area contributed by atoms with Crippen molar-refractivity contribution in [3.8, 4) is 11.1 Å². The van der Waals surface area contributed by atoms with Crippen molar-refractivity contribution in [1.82, 2.24) is 5.01 Å². The Balaban J connectivity index is 1.59. The van der Waals surface area contributed by atoms with Gasteiger partial charge in [-0.25, -0.2) is 18.2 Å².